The summed E-state index contributed by atoms with van der Waals surface area (Å²) in [5.74, 6) is -0.965. The van der Waals surface area contributed by atoms with E-state index in [2.05, 4.69) is 0 Å². The monoisotopic (exact) mass is 734 g/mol. The largest absolute Gasteiger partial charge is 0.494 e. The maximum absolute atomic E-state index is 13.3. The van der Waals surface area contributed by atoms with Gasteiger partial charge >= 0.3 is 11.9 Å². The predicted octanol–water partition coefficient (Wildman–Crippen LogP) is 3.98. The van der Waals surface area contributed by atoms with Crippen LogP contribution in [0.2, 0.25) is 0 Å². The van der Waals surface area contributed by atoms with Crippen molar-refractivity contribution in [1.29, 1.82) is 0 Å². The van der Waals surface area contributed by atoms with Crippen molar-refractivity contribution in [2.24, 2.45) is 11.5 Å². The van der Waals surface area contributed by atoms with Gasteiger partial charge in [-0.2, -0.15) is 0 Å². The number of imidazole rings is 2. The Hall–Kier alpha value is -7.10. The van der Waals surface area contributed by atoms with Crippen molar-refractivity contribution in [1.82, 2.24) is 19.1 Å². The number of amides is 2. The van der Waals surface area contributed by atoms with E-state index in [9.17, 15) is 19.2 Å². The van der Waals surface area contributed by atoms with Crippen LogP contribution < -0.4 is 30.4 Å². The predicted molar refractivity (Wildman–Crippen MR) is 194 cm³/mol. The van der Waals surface area contributed by atoms with Crippen LogP contribution in [0.1, 0.15) is 41.4 Å². The average Bonchev–Trinajstić information content (AvgIpc) is 3.74. The molecule has 8 rings (SSSR count). The highest BCUT2D eigenvalue weighted by atomic mass is 16.5. The lowest BCUT2D eigenvalue weighted by molar-refractivity contribution is 0.0592. The zero-order chi connectivity index (χ0) is 38.3. The summed E-state index contributed by atoms with van der Waals surface area (Å²) in [6, 6.07) is 16.3. The molecule has 16 nitrogen and oxygen atoms in total. The van der Waals surface area contributed by atoms with Gasteiger partial charge in [0.1, 0.15) is 47.4 Å². The summed E-state index contributed by atoms with van der Waals surface area (Å²) in [6.07, 6.45) is 0. The van der Waals surface area contributed by atoms with Crippen molar-refractivity contribution in [3.8, 4) is 45.8 Å². The third-order valence-electron chi connectivity index (χ3n) is 9.13. The molecule has 0 saturated carbocycles. The Kier molecular flexibility index (Phi) is 9.24. The number of nitrogens with two attached hydrogens (primary N) is 2. The van der Waals surface area contributed by atoms with Crippen LogP contribution in [0, 0.1) is 0 Å². The molecule has 2 aromatic heterocycles. The SMILES string of the molecule is COC(=O)c1cc2ccc1-c1nc3c(OC)c(C(N)=O)ccc3n1CCn1c(nc3c(OC)c(C(N)=O)ccc31)-c1cc(ccc1C(=O)OC)OCCO2. The molecule has 0 atom stereocenters. The van der Waals surface area contributed by atoms with Gasteiger partial charge in [-0.15, -0.1) is 0 Å². The second kappa shape index (κ2) is 14.1. The Balaban J connectivity index is 1.55. The second-order valence-electron chi connectivity index (χ2n) is 12.0. The lowest BCUT2D eigenvalue weighted by Gasteiger charge is -2.16. The van der Waals surface area contributed by atoms with Gasteiger partial charge in [0.05, 0.1) is 61.7 Å². The molecular formula is C38H34N6O10. The van der Waals surface area contributed by atoms with Gasteiger partial charge in [-0.3, -0.25) is 9.59 Å². The number of methoxy groups -OCH3 is 4. The van der Waals surface area contributed by atoms with Gasteiger partial charge in [-0.25, -0.2) is 19.6 Å². The molecule has 0 spiro atoms. The molecule has 4 N–H and O–H groups in total. The van der Waals surface area contributed by atoms with E-state index in [-0.39, 0.29) is 60.1 Å². The number of primary amides is 2. The number of aromatic nitrogens is 4. The summed E-state index contributed by atoms with van der Waals surface area (Å²) in [6.45, 7) is 0.525. The number of benzene rings is 4. The van der Waals surface area contributed by atoms with Crippen LogP contribution >= 0.6 is 0 Å². The molecule has 2 aliphatic rings. The molecular weight excluding hydrogens is 700 g/mol. The highest BCUT2D eigenvalue weighted by molar-refractivity contribution is 6.04. The van der Waals surface area contributed by atoms with E-state index in [4.69, 9.17) is 49.9 Å². The van der Waals surface area contributed by atoms with E-state index in [0.717, 1.165) is 0 Å². The quantitative estimate of drug-likeness (QED) is 0.233. The summed E-state index contributed by atoms with van der Waals surface area (Å²) in [7, 11) is 5.36. The second-order valence-corrected chi connectivity index (χ2v) is 12.0. The standard InChI is InChI=1S/C38H34N6O10/c1-49-31-23(33(39)45)9-11-27-29(31)41-35-21-7-5-20(18-26(21)38(48)52-4)54-16-15-53-19-6-8-22(37(47)51-3)25(17-19)36-42-30-28(44(36)14-13-43(27)35)12-10-24(34(40)46)32(30)50-2/h5-12,17-18H,13-16H2,1-4H3,(H2,39,45)(H2,40,46). The number of hydrogen-bond acceptors (Lipinski definition) is 12. The lowest BCUT2D eigenvalue weighted by Crippen LogP contribution is -2.14. The first-order valence-electron chi connectivity index (χ1n) is 16.5. The molecule has 2 aliphatic heterocycles. The lowest BCUT2D eigenvalue weighted by atomic mass is 10.1. The van der Waals surface area contributed by atoms with Gasteiger partial charge in [0, 0.05) is 24.2 Å². The third kappa shape index (κ3) is 5.92. The molecule has 4 heterocycles. The smallest absolute Gasteiger partial charge is 0.338 e. The maximum Gasteiger partial charge on any atom is 0.338 e. The topological polar surface area (TPSA) is 211 Å². The molecule has 16 heteroatoms. The number of hydrogen-bond donors (Lipinski definition) is 2. The van der Waals surface area contributed by atoms with Crippen LogP contribution in [0.5, 0.6) is 23.0 Å². The molecule has 6 aromatic rings. The van der Waals surface area contributed by atoms with Crippen molar-refractivity contribution >= 4 is 45.8 Å². The fourth-order valence-electron chi connectivity index (χ4n) is 6.69. The molecule has 0 unspecified atom stereocenters. The molecule has 54 heavy (non-hydrogen) atoms. The number of fused-ring (bicyclic) bond motifs is 8. The normalized spacial score (nSPS) is 12.5. The Morgan fingerprint density at radius 3 is 1.56 bits per heavy atom. The molecule has 2 amide bonds. The number of esters is 2. The molecule has 0 aliphatic carbocycles. The van der Waals surface area contributed by atoms with Crippen LogP contribution in [0.15, 0.2) is 60.7 Å². The van der Waals surface area contributed by atoms with Gasteiger partial charge < -0.3 is 49.0 Å². The van der Waals surface area contributed by atoms with E-state index in [1.165, 1.54) is 28.4 Å². The van der Waals surface area contributed by atoms with Gasteiger partial charge in [-0.05, 0) is 60.7 Å². The van der Waals surface area contributed by atoms with Crippen molar-refractivity contribution in [3.63, 3.8) is 0 Å². The van der Waals surface area contributed by atoms with Crippen LogP contribution in [0.4, 0.5) is 0 Å². The van der Waals surface area contributed by atoms with Crippen LogP contribution in [-0.4, -0.2) is 84.5 Å². The zero-order valence-electron chi connectivity index (χ0n) is 29.6. The number of aryl methyl sites for hydroxylation is 2. The number of nitrogens with zero attached hydrogens (tertiary/aromatic N) is 4. The first kappa shape index (κ1) is 35.3. The van der Waals surface area contributed by atoms with Crippen molar-refractivity contribution in [3.05, 3.63) is 82.9 Å². The van der Waals surface area contributed by atoms with Gasteiger partial charge in [-0.1, -0.05) is 0 Å². The maximum atomic E-state index is 13.3. The fourth-order valence-corrected chi connectivity index (χ4v) is 6.69. The van der Waals surface area contributed by atoms with Crippen molar-refractivity contribution < 1.29 is 47.6 Å². The van der Waals surface area contributed by atoms with Crippen LogP contribution in [0.25, 0.3) is 44.8 Å². The third-order valence-corrected chi connectivity index (χ3v) is 9.13. The first-order valence-corrected chi connectivity index (χ1v) is 16.5. The zero-order valence-corrected chi connectivity index (χ0v) is 29.6. The fraction of sp³-hybridized carbons (Fsp3) is 0.211. The summed E-state index contributed by atoms with van der Waals surface area (Å²) >= 11 is 0. The summed E-state index contributed by atoms with van der Waals surface area (Å²) < 4.78 is 37.4. The Morgan fingerprint density at radius 1 is 0.593 bits per heavy atom. The van der Waals surface area contributed by atoms with E-state index in [1.54, 1.807) is 60.7 Å². The highest BCUT2D eigenvalue weighted by Gasteiger charge is 2.27. The van der Waals surface area contributed by atoms with E-state index >= 15 is 0 Å². The summed E-state index contributed by atoms with van der Waals surface area (Å²) in [4.78, 5) is 61.3. The van der Waals surface area contributed by atoms with Crippen molar-refractivity contribution in [2.45, 2.75) is 13.1 Å². The Morgan fingerprint density at radius 2 is 1.06 bits per heavy atom. The number of ether oxygens (including phenoxy) is 6. The minimum absolute atomic E-state index is 0.0885. The molecule has 4 aromatic carbocycles. The van der Waals surface area contributed by atoms with Crippen molar-refractivity contribution in [2.75, 3.05) is 41.7 Å². The van der Waals surface area contributed by atoms with Gasteiger partial charge in [0.15, 0.2) is 11.5 Å². The Labute approximate surface area is 307 Å². The molecule has 4 bridgehead atoms. The number of carbonyl (C=O) groups excluding carboxylic acids is 4. The van der Waals surface area contributed by atoms with Gasteiger partial charge in [0.2, 0.25) is 0 Å². The molecule has 0 saturated heterocycles. The first-order chi connectivity index (χ1) is 26.1. The molecule has 0 fully saturated rings. The van der Waals surface area contributed by atoms with E-state index in [1.807, 2.05) is 9.13 Å². The molecule has 0 radical (unpaired) electrons. The average molecular weight is 735 g/mol. The number of carbonyl (C=O) groups is 4. The summed E-state index contributed by atoms with van der Waals surface area (Å²) in [5.41, 5.74) is 14.5. The highest BCUT2D eigenvalue weighted by Crippen LogP contribution is 2.39. The molecule has 276 valence electrons. The van der Waals surface area contributed by atoms with Crippen LogP contribution in [-0.2, 0) is 22.6 Å². The van der Waals surface area contributed by atoms with E-state index in [0.29, 0.717) is 56.3 Å². The van der Waals surface area contributed by atoms with Crippen LogP contribution in [0.3, 0.4) is 0 Å². The summed E-state index contributed by atoms with van der Waals surface area (Å²) in [5, 5.41) is 0. The van der Waals surface area contributed by atoms with Gasteiger partial charge in [0.25, 0.3) is 11.8 Å². The minimum atomic E-state index is -0.717. The minimum Gasteiger partial charge on any atom is -0.494 e. The number of rotatable bonds is 6. The van der Waals surface area contributed by atoms with E-state index < -0.39 is 23.8 Å². The Bertz CT molecular complexity index is 2520.